The van der Waals surface area contributed by atoms with E-state index in [1.54, 1.807) is 0 Å². The highest BCUT2D eigenvalue weighted by molar-refractivity contribution is 6.59. The average molecular weight is 579 g/mol. The molecule has 0 N–H and O–H groups in total. The molecule has 0 bridgehead atoms. The van der Waals surface area contributed by atoms with Gasteiger partial charge in [-0.2, -0.15) is 0 Å². The van der Waals surface area contributed by atoms with Crippen LogP contribution in [0.2, 0.25) is 6.55 Å². The van der Waals surface area contributed by atoms with Gasteiger partial charge in [0.25, 0.3) is 0 Å². The van der Waals surface area contributed by atoms with Crippen molar-refractivity contribution in [1.82, 2.24) is 0 Å². The van der Waals surface area contributed by atoms with Crippen LogP contribution >= 0.6 is 0 Å². The topological polar surface area (TPSA) is 73.8 Å². The van der Waals surface area contributed by atoms with Crippen LogP contribution in [-0.4, -0.2) is 70.4 Å². The summed E-state index contributed by atoms with van der Waals surface area (Å²) in [6.07, 6.45) is 2.83. The molecular formula is C31H50O8Si. The number of hydrogen-bond acceptors (Lipinski definition) is 8. The molecule has 0 amide bonds. The summed E-state index contributed by atoms with van der Waals surface area (Å²) in [7, 11) is -3.29. The summed E-state index contributed by atoms with van der Waals surface area (Å²) in [4.78, 5) is 0. The summed E-state index contributed by atoms with van der Waals surface area (Å²) in [6.45, 7) is 17.6. The van der Waals surface area contributed by atoms with Gasteiger partial charge in [-0.15, -0.1) is 0 Å². The first kappa shape index (κ1) is 30.6. The van der Waals surface area contributed by atoms with Gasteiger partial charge in [-0.3, -0.25) is 0 Å². The first-order valence-corrected chi connectivity index (χ1v) is 17.4. The lowest BCUT2D eigenvalue weighted by molar-refractivity contribution is -0.327. The van der Waals surface area contributed by atoms with Gasteiger partial charge in [0, 0.05) is 13.2 Å². The Bertz CT molecular complexity index is 987. The molecule has 1 aromatic carbocycles. The first-order valence-electron chi connectivity index (χ1n) is 15.2. The van der Waals surface area contributed by atoms with E-state index in [4.69, 9.17) is 37.0 Å². The minimum atomic E-state index is -3.29. The highest BCUT2D eigenvalue weighted by atomic mass is 28.4. The zero-order valence-corrected chi connectivity index (χ0v) is 26.6. The summed E-state index contributed by atoms with van der Waals surface area (Å²) in [5.74, 6) is -1.19. The molecule has 1 unspecified atom stereocenters. The van der Waals surface area contributed by atoms with Crippen molar-refractivity contribution in [2.45, 2.75) is 122 Å². The Balaban J connectivity index is 1.43. The van der Waals surface area contributed by atoms with Crippen molar-refractivity contribution < 1.29 is 37.0 Å². The summed E-state index contributed by atoms with van der Waals surface area (Å²) >= 11 is 0. The third-order valence-electron chi connectivity index (χ3n) is 8.75. The van der Waals surface area contributed by atoms with Gasteiger partial charge in [-0.1, -0.05) is 57.5 Å². The quantitative estimate of drug-likeness (QED) is 0.345. The van der Waals surface area contributed by atoms with Gasteiger partial charge in [-0.25, -0.2) is 0 Å². The predicted molar refractivity (Wildman–Crippen MR) is 152 cm³/mol. The molecule has 8 atom stereocenters. The van der Waals surface area contributed by atoms with Crippen LogP contribution in [0.4, 0.5) is 0 Å². The van der Waals surface area contributed by atoms with E-state index >= 15 is 0 Å². The summed E-state index contributed by atoms with van der Waals surface area (Å²) < 4.78 is 52.4. The molecule has 3 aliphatic heterocycles. The second-order valence-electron chi connectivity index (χ2n) is 13.5. The van der Waals surface area contributed by atoms with Gasteiger partial charge in [0.05, 0.1) is 12.7 Å². The number of benzene rings is 1. The van der Waals surface area contributed by atoms with Crippen LogP contribution in [-0.2, 0) is 43.4 Å². The molecule has 5 rings (SSSR count). The standard InChI is InChI=1S/C31H50O8Si/c1-21(2)24-15-14-22(3)18-25(24)37-40(8,34-17-16-23-12-10-9-11-13-23)38-28-27-26(35-30(6,7)36-27)19-32-31(28)20-33-29(4,5)39-31/h9-13,21-22,24-28H,14-20H2,1-8H3/t22-,24+,25-,26-,27-,28+,31+,40?/m1/s1. The Morgan fingerprint density at radius 3 is 2.40 bits per heavy atom. The van der Waals surface area contributed by atoms with E-state index < -0.39 is 38.4 Å². The van der Waals surface area contributed by atoms with Gasteiger partial charge in [0.1, 0.15) is 24.9 Å². The molecule has 1 saturated carbocycles. The summed E-state index contributed by atoms with van der Waals surface area (Å²) in [6, 6.07) is 10.4. The second kappa shape index (κ2) is 11.7. The maximum absolute atomic E-state index is 7.08. The van der Waals surface area contributed by atoms with Crippen LogP contribution in [0, 0.1) is 17.8 Å². The first-order chi connectivity index (χ1) is 18.8. The van der Waals surface area contributed by atoms with Crippen molar-refractivity contribution in [2.75, 3.05) is 19.8 Å². The Morgan fingerprint density at radius 1 is 0.975 bits per heavy atom. The molecule has 226 valence electrons. The Labute approximate surface area is 241 Å². The van der Waals surface area contributed by atoms with Gasteiger partial charge in [0.15, 0.2) is 11.6 Å². The van der Waals surface area contributed by atoms with E-state index in [1.807, 2.05) is 40.3 Å². The molecule has 0 aromatic heterocycles. The van der Waals surface area contributed by atoms with Gasteiger partial charge in [-0.05, 0) is 70.3 Å². The molecule has 0 radical (unpaired) electrons. The summed E-state index contributed by atoms with van der Waals surface area (Å²) in [5, 5.41) is 0. The fourth-order valence-electron chi connectivity index (χ4n) is 6.77. The van der Waals surface area contributed by atoms with E-state index in [2.05, 4.69) is 45.0 Å². The predicted octanol–water partition coefficient (Wildman–Crippen LogP) is 5.71. The minimum Gasteiger partial charge on any atom is -0.373 e. The van der Waals surface area contributed by atoms with Gasteiger partial charge in [0.2, 0.25) is 5.79 Å². The molecule has 40 heavy (non-hydrogen) atoms. The smallest absolute Gasteiger partial charge is 0.373 e. The lowest BCUT2D eigenvalue weighted by atomic mass is 9.75. The molecule has 1 spiro atoms. The molecule has 1 aromatic rings. The molecule has 9 heteroatoms. The van der Waals surface area contributed by atoms with Crippen molar-refractivity contribution in [1.29, 1.82) is 0 Å². The molecule has 3 saturated heterocycles. The molecule has 8 nitrogen and oxygen atoms in total. The Hall–Kier alpha value is -0.883. The van der Waals surface area contributed by atoms with Crippen molar-refractivity contribution in [3.05, 3.63) is 35.9 Å². The normalized spacial score (nSPS) is 38.4. The van der Waals surface area contributed by atoms with E-state index in [9.17, 15) is 0 Å². The van der Waals surface area contributed by atoms with Crippen LogP contribution in [0.5, 0.6) is 0 Å². The lowest BCUT2D eigenvalue weighted by Gasteiger charge is -2.47. The molecule has 4 fully saturated rings. The van der Waals surface area contributed by atoms with E-state index in [0.29, 0.717) is 31.0 Å². The third kappa shape index (κ3) is 6.84. The van der Waals surface area contributed by atoms with Crippen molar-refractivity contribution >= 4 is 8.80 Å². The number of hydrogen-bond donors (Lipinski definition) is 0. The van der Waals surface area contributed by atoms with Crippen LogP contribution in [0.25, 0.3) is 0 Å². The zero-order chi connectivity index (χ0) is 28.8. The minimum absolute atomic E-state index is 0.0581. The average Bonchev–Trinajstić information content (AvgIpc) is 3.36. The highest BCUT2D eigenvalue weighted by Crippen LogP contribution is 2.47. The van der Waals surface area contributed by atoms with Crippen molar-refractivity contribution in [3.63, 3.8) is 0 Å². The van der Waals surface area contributed by atoms with Gasteiger partial charge >= 0.3 is 8.80 Å². The number of ether oxygens (including phenoxy) is 5. The highest BCUT2D eigenvalue weighted by Gasteiger charge is 2.65. The van der Waals surface area contributed by atoms with E-state index in [-0.39, 0.29) is 18.8 Å². The van der Waals surface area contributed by atoms with E-state index in [0.717, 1.165) is 19.3 Å². The van der Waals surface area contributed by atoms with Gasteiger partial charge < -0.3 is 37.0 Å². The largest absolute Gasteiger partial charge is 0.498 e. The fourth-order valence-corrected chi connectivity index (χ4v) is 9.03. The van der Waals surface area contributed by atoms with Crippen LogP contribution in [0.15, 0.2) is 30.3 Å². The maximum atomic E-state index is 7.08. The SMILES string of the molecule is CC(C)[C@@H]1CC[C@@H](C)C[C@H]1O[Si](C)(OCCc1ccccc1)O[C@H]1[C@@H]2OC(C)(C)O[C@@H]2CO[C@]12COC(C)(C)O2. The van der Waals surface area contributed by atoms with Crippen LogP contribution in [0.1, 0.15) is 73.3 Å². The molecule has 4 aliphatic rings. The van der Waals surface area contributed by atoms with Crippen LogP contribution < -0.4 is 0 Å². The number of rotatable bonds is 9. The molecule has 1 aliphatic carbocycles. The Kier molecular flexibility index (Phi) is 8.91. The Morgan fingerprint density at radius 2 is 1.73 bits per heavy atom. The monoisotopic (exact) mass is 578 g/mol. The van der Waals surface area contributed by atoms with E-state index in [1.165, 1.54) is 12.0 Å². The second-order valence-corrected chi connectivity index (χ2v) is 16.0. The lowest BCUT2D eigenvalue weighted by Crippen LogP contribution is -2.66. The fraction of sp³-hybridized carbons (Fsp3) is 0.806. The van der Waals surface area contributed by atoms with Crippen LogP contribution in [0.3, 0.4) is 0 Å². The molecular weight excluding hydrogens is 528 g/mol. The summed E-state index contributed by atoms with van der Waals surface area (Å²) in [5.41, 5.74) is 1.21. The maximum Gasteiger partial charge on any atom is 0.498 e. The third-order valence-corrected chi connectivity index (χ3v) is 10.9. The number of fused-ring (bicyclic) bond motifs is 1. The van der Waals surface area contributed by atoms with Crippen molar-refractivity contribution in [3.8, 4) is 0 Å². The van der Waals surface area contributed by atoms with Crippen molar-refractivity contribution in [2.24, 2.45) is 17.8 Å². The molecule has 3 heterocycles. The zero-order valence-electron chi connectivity index (χ0n) is 25.6.